The van der Waals surface area contributed by atoms with E-state index in [1.54, 1.807) is 19.1 Å². The summed E-state index contributed by atoms with van der Waals surface area (Å²) in [4.78, 5) is 14.9. The number of rotatable bonds is 4. The van der Waals surface area contributed by atoms with Crippen LogP contribution in [0.5, 0.6) is 5.75 Å². The van der Waals surface area contributed by atoms with E-state index in [2.05, 4.69) is 4.98 Å². The van der Waals surface area contributed by atoms with Crippen LogP contribution in [0.1, 0.15) is 21.7 Å². The summed E-state index contributed by atoms with van der Waals surface area (Å²) >= 11 is 5.79. The molecule has 0 amide bonds. The maximum Gasteiger partial charge on any atom is 0.172 e. The Bertz CT molecular complexity index is 616. The quantitative estimate of drug-likeness (QED) is 0.803. The number of aromatic nitrogens is 1. The van der Waals surface area contributed by atoms with Gasteiger partial charge in [-0.2, -0.15) is 0 Å². The number of pyridine rings is 1. The van der Waals surface area contributed by atoms with E-state index in [-0.39, 0.29) is 12.3 Å². The number of aryl methyl sites for hydroxylation is 1. The van der Waals surface area contributed by atoms with E-state index in [9.17, 15) is 9.18 Å². The first-order valence-corrected chi connectivity index (χ1v) is 5.97. The maximum absolute atomic E-state index is 13.5. The fourth-order valence-corrected chi connectivity index (χ4v) is 1.77. The minimum Gasteiger partial charge on any atom is -0.486 e. The molecule has 3 nitrogen and oxygen atoms in total. The highest BCUT2D eigenvalue weighted by Gasteiger charge is 2.08. The average molecular weight is 280 g/mol. The monoisotopic (exact) mass is 279 g/mol. The van der Waals surface area contributed by atoms with E-state index in [4.69, 9.17) is 16.3 Å². The van der Waals surface area contributed by atoms with Crippen LogP contribution in [0.25, 0.3) is 0 Å². The number of hydrogen-bond acceptors (Lipinski definition) is 3. The summed E-state index contributed by atoms with van der Waals surface area (Å²) in [6, 6.07) is 7.57. The third kappa shape index (κ3) is 3.29. The van der Waals surface area contributed by atoms with E-state index in [1.807, 2.05) is 0 Å². The van der Waals surface area contributed by atoms with Gasteiger partial charge in [0.25, 0.3) is 0 Å². The third-order valence-electron chi connectivity index (χ3n) is 2.53. The van der Waals surface area contributed by atoms with Crippen molar-refractivity contribution in [2.75, 3.05) is 0 Å². The average Bonchev–Trinajstić information content (AvgIpc) is 2.40. The number of nitrogens with zero attached hydrogens (tertiary/aromatic N) is 1. The molecule has 0 aliphatic heterocycles. The summed E-state index contributed by atoms with van der Waals surface area (Å²) in [5, 5.41) is 0.428. The molecule has 19 heavy (non-hydrogen) atoms. The van der Waals surface area contributed by atoms with Gasteiger partial charge in [-0.1, -0.05) is 11.6 Å². The molecule has 5 heteroatoms. The third-order valence-corrected chi connectivity index (χ3v) is 2.76. The lowest BCUT2D eigenvalue weighted by Gasteiger charge is -2.09. The summed E-state index contributed by atoms with van der Waals surface area (Å²) in [5.74, 6) is -0.0860. The van der Waals surface area contributed by atoms with Crippen molar-refractivity contribution in [1.29, 1.82) is 0 Å². The van der Waals surface area contributed by atoms with Crippen molar-refractivity contribution < 1.29 is 13.9 Å². The van der Waals surface area contributed by atoms with Crippen LogP contribution < -0.4 is 4.74 Å². The largest absolute Gasteiger partial charge is 0.486 e. The number of benzene rings is 1. The van der Waals surface area contributed by atoms with Crippen molar-refractivity contribution in [1.82, 2.24) is 4.98 Å². The molecule has 0 atom stereocenters. The van der Waals surface area contributed by atoms with Gasteiger partial charge in [0.05, 0.1) is 0 Å². The highest BCUT2D eigenvalue weighted by Crippen LogP contribution is 2.20. The Labute approximate surface area is 115 Å². The van der Waals surface area contributed by atoms with Gasteiger partial charge in [0.1, 0.15) is 23.9 Å². The molecule has 0 saturated heterocycles. The second-order valence-corrected chi connectivity index (χ2v) is 4.41. The molecule has 2 rings (SSSR count). The summed E-state index contributed by atoms with van der Waals surface area (Å²) < 4.78 is 18.9. The normalized spacial score (nSPS) is 10.3. The van der Waals surface area contributed by atoms with E-state index in [1.165, 1.54) is 18.2 Å². The molecule has 0 N–H and O–H groups in total. The minimum atomic E-state index is -0.405. The van der Waals surface area contributed by atoms with Crippen molar-refractivity contribution in [3.8, 4) is 5.75 Å². The van der Waals surface area contributed by atoms with Gasteiger partial charge in [-0.15, -0.1) is 0 Å². The number of carbonyl (C=O) groups excluding carboxylic acids is 1. The number of ether oxygens (including phenoxy) is 1. The van der Waals surface area contributed by atoms with Crippen LogP contribution in [0.3, 0.4) is 0 Å². The lowest BCUT2D eigenvalue weighted by molar-refractivity contribution is 0.111. The molecule has 0 spiro atoms. The number of halogens is 2. The van der Waals surface area contributed by atoms with Gasteiger partial charge in [0.2, 0.25) is 0 Å². The highest BCUT2D eigenvalue weighted by atomic mass is 35.5. The first-order chi connectivity index (χ1) is 9.10. The molecular formula is C14H11ClFNO2. The van der Waals surface area contributed by atoms with E-state index in [0.717, 1.165) is 0 Å². The second kappa shape index (κ2) is 5.80. The van der Waals surface area contributed by atoms with Gasteiger partial charge in [-0.05, 0) is 37.3 Å². The predicted octanol–water partition coefficient (Wildman–Crippen LogP) is 3.57. The Morgan fingerprint density at radius 3 is 2.89 bits per heavy atom. The predicted molar refractivity (Wildman–Crippen MR) is 70.1 cm³/mol. The van der Waals surface area contributed by atoms with Crippen LogP contribution in [0, 0.1) is 12.7 Å². The molecule has 2 aromatic rings. The standard InChI is InChI=1S/C14H11ClFNO2/c1-9-2-5-14(13(7-18)17-9)19-8-10-6-11(15)3-4-12(10)16/h2-7H,8H2,1H3. The zero-order valence-corrected chi connectivity index (χ0v) is 10.9. The van der Waals surface area contributed by atoms with Crippen molar-refractivity contribution >= 4 is 17.9 Å². The summed E-state index contributed by atoms with van der Waals surface area (Å²) in [6.07, 6.45) is 0.608. The Morgan fingerprint density at radius 1 is 1.37 bits per heavy atom. The molecule has 0 saturated carbocycles. The van der Waals surface area contributed by atoms with Gasteiger partial charge in [0.15, 0.2) is 6.29 Å². The van der Waals surface area contributed by atoms with E-state index in [0.29, 0.717) is 28.3 Å². The molecule has 1 aromatic carbocycles. The second-order valence-electron chi connectivity index (χ2n) is 3.98. The van der Waals surface area contributed by atoms with Crippen molar-refractivity contribution in [3.63, 3.8) is 0 Å². The summed E-state index contributed by atoms with van der Waals surface area (Å²) in [5.41, 5.74) is 1.23. The summed E-state index contributed by atoms with van der Waals surface area (Å²) in [7, 11) is 0. The SMILES string of the molecule is Cc1ccc(OCc2cc(Cl)ccc2F)c(C=O)n1. The van der Waals surface area contributed by atoms with Crippen molar-refractivity contribution in [2.24, 2.45) is 0 Å². The Morgan fingerprint density at radius 2 is 2.16 bits per heavy atom. The lowest BCUT2D eigenvalue weighted by atomic mass is 10.2. The molecule has 0 aliphatic carbocycles. The maximum atomic E-state index is 13.5. The molecular weight excluding hydrogens is 269 g/mol. The fraction of sp³-hybridized carbons (Fsp3) is 0.143. The van der Waals surface area contributed by atoms with Gasteiger partial charge < -0.3 is 4.74 Å². The van der Waals surface area contributed by atoms with Gasteiger partial charge in [0, 0.05) is 16.3 Å². The van der Waals surface area contributed by atoms with Crippen LogP contribution in [0.2, 0.25) is 5.02 Å². The van der Waals surface area contributed by atoms with Gasteiger partial charge in [-0.3, -0.25) is 4.79 Å². The van der Waals surface area contributed by atoms with Crippen molar-refractivity contribution in [2.45, 2.75) is 13.5 Å². The highest BCUT2D eigenvalue weighted by molar-refractivity contribution is 6.30. The molecule has 0 radical (unpaired) electrons. The zero-order chi connectivity index (χ0) is 13.8. The van der Waals surface area contributed by atoms with Crippen molar-refractivity contribution in [3.05, 3.63) is 58.1 Å². The van der Waals surface area contributed by atoms with Crippen LogP contribution in [0.4, 0.5) is 4.39 Å². The Kier molecular flexibility index (Phi) is 4.12. The molecule has 98 valence electrons. The lowest BCUT2D eigenvalue weighted by Crippen LogP contribution is -2.02. The number of hydrogen-bond donors (Lipinski definition) is 0. The van der Waals surface area contributed by atoms with Crippen LogP contribution in [0.15, 0.2) is 30.3 Å². The Balaban J connectivity index is 2.18. The topological polar surface area (TPSA) is 39.2 Å². The molecule has 0 fully saturated rings. The fourth-order valence-electron chi connectivity index (χ4n) is 1.58. The molecule has 1 heterocycles. The molecule has 0 bridgehead atoms. The number of carbonyl (C=O) groups is 1. The zero-order valence-electron chi connectivity index (χ0n) is 10.2. The van der Waals surface area contributed by atoms with Crippen LogP contribution in [-0.2, 0) is 6.61 Å². The Hall–Kier alpha value is -1.94. The molecule has 1 aromatic heterocycles. The molecule has 0 unspecified atom stereocenters. The van der Waals surface area contributed by atoms with Gasteiger partial charge in [-0.25, -0.2) is 9.37 Å². The van der Waals surface area contributed by atoms with E-state index >= 15 is 0 Å². The first-order valence-electron chi connectivity index (χ1n) is 5.59. The van der Waals surface area contributed by atoms with Crippen LogP contribution in [-0.4, -0.2) is 11.3 Å². The van der Waals surface area contributed by atoms with E-state index < -0.39 is 5.82 Å². The molecule has 0 aliphatic rings. The number of aldehydes is 1. The minimum absolute atomic E-state index is 0.0159. The smallest absolute Gasteiger partial charge is 0.172 e. The van der Waals surface area contributed by atoms with Gasteiger partial charge >= 0.3 is 0 Å². The summed E-state index contributed by atoms with van der Waals surface area (Å²) in [6.45, 7) is 1.76. The first kappa shape index (κ1) is 13.5. The van der Waals surface area contributed by atoms with Crippen LogP contribution >= 0.6 is 11.6 Å².